The first-order valence-electron chi connectivity index (χ1n) is 11.7. The number of para-hydroxylation sites is 1. The van der Waals surface area contributed by atoms with Crippen molar-refractivity contribution in [2.75, 3.05) is 30.5 Å². The van der Waals surface area contributed by atoms with Crippen LogP contribution in [0.25, 0.3) is 0 Å². The molecule has 174 valence electrons. The van der Waals surface area contributed by atoms with Crippen LogP contribution >= 0.6 is 12.1 Å². The highest BCUT2D eigenvalue weighted by molar-refractivity contribution is 7.98. The molecule has 1 saturated carbocycles. The Balaban J connectivity index is 1.22. The van der Waals surface area contributed by atoms with Crippen LogP contribution in [0.5, 0.6) is 0 Å². The van der Waals surface area contributed by atoms with Gasteiger partial charge in [0.15, 0.2) is 0 Å². The normalized spacial score (nSPS) is 20.0. The molecule has 0 bridgehead atoms. The van der Waals surface area contributed by atoms with Gasteiger partial charge in [0, 0.05) is 56.5 Å². The number of anilines is 1. The Morgan fingerprint density at radius 3 is 2.27 bits per heavy atom. The van der Waals surface area contributed by atoms with E-state index in [-0.39, 0.29) is 12.1 Å². The molecule has 1 saturated heterocycles. The Hall–Kier alpha value is -2.29. The highest BCUT2D eigenvalue weighted by Crippen LogP contribution is 2.31. The Morgan fingerprint density at radius 1 is 0.939 bits per heavy atom. The fraction of sp³-hybridized carbons (Fsp3) is 0.440. The largest absolute Gasteiger partial charge is 0.299 e. The molecule has 2 aromatic rings. The molecule has 1 aliphatic carbocycles. The van der Waals surface area contributed by atoms with Crippen LogP contribution in [-0.2, 0) is 6.54 Å². The van der Waals surface area contributed by atoms with Crippen molar-refractivity contribution in [2.45, 2.75) is 44.7 Å². The summed E-state index contributed by atoms with van der Waals surface area (Å²) in [6.07, 6.45) is 1.68. The molecule has 0 radical (unpaired) electrons. The number of piperazine rings is 1. The van der Waals surface area contributed by atoms with Crippen molar-refractivity contribution in [2.24, 2.45) is 10.2 Å². The van der Waals surface area contributed by atoms with Gasteiger partial charge in [-0.25, -0.2) is 13.1 Å². The van der Waals surface area contributed by atoms with Crippen LogP contribution in [0.2, 0.25) is 0 Å². The number of halogens is 2. The van der Waals surface area contributed by atoms with E-state index in [0.29, 0.717) is 5.71 Å². The molecule has 33 heavy (non-hydrogen) atoms. The molecule has 5 nitrogen and oxygen atoms in total. The van der Waals surface area contributed by atoms with Crippen molar-refractivity contribution >= 4 is 29.2 Å². The smallest absolute Gasteiger partial charge is 0.278 e. The van der Waals surface area contributed by atoms with Crippen molar-refractivity contribution in [1.82, 2.24) is 9.21 Å². The third kappa shape index (κ3) is 5.45. The zero-order chi connectivity index (χ0) is 22.6. The van der Waals surface area contributed by atoms with Gasteiger partial charge in [0.05, 0.1) is 12.3 Å². The summed E-state index contributed by atoms with van der Waals surface area (Å²) in [5.41, 5.74) is 3.64. The van der Waals surface area contributed by atoms with E-state index in [1.165, 1.54) is 24.9 Å². The second-order valence-electron chi connectivity index (χ2n) is 8.82. The van der Waals surface area contributed by atoms with Gasteiger partial charge in [-0.1, -0.05) is 48.9 Å². The van der Waals surface area contributed by atoms with Gasteiger partial charge in [-0.2, -0.15) is 10.2 Å². The summed E-state index contributed by atoms with van der Waals surface area (Å²) in [5, 5.41) is 7.58. The van der Waals surface area contributed by atoms with Gasteiger partial charge in [-0.05, 0) is 36.1 Å². The molecule has 0 atom stereocenters. The van der Waals surface area contributed by atoms with Crippen LogP contribution in [0.1, 0.15) is 36.8 Å². The first-order chi connectivity index (χ1) is 16.2. The highest BCUT2D eigenvalue weighted by Gasteiger charge is 2.29. The first-order valence-corrected chi connectivity index (χ1v) is 12.4. The standard InChI is InChI=1S/C25H29F2N5S/c26-25(27)24-17-23(28-29-24)20-11-9-19(10-12-20)18-32(22-5-2-1-3-6-22)33-31-15-13-30(14-16-31)21-7-4-8-21/h1-3,5-6,9-12,21,25H,4,7-8,13-18H2. The molecular weight excluding hydrogens is 440 g/mol. The number of benzene rings is 2. The van der Waals surface area contributed by atoms with Crippen molar-refractivity contribution in [3.63, 3.8) is 0 Å². The molecule has 3 aliphatic rings. The maximum atomic E-state index is 12.9. The molecule has 0 spiro atoms. The second-order valence-corrected chi connectivity index (χ2v) is 9.94. The molecule has 0 unspecified atom stereocenters. The first kappa shape index (κ1) is 22.5. The van der Waals surface area contributed by atoms with Crippen molar-refractivity contribution in [3.8, 4) is 0 Å². The van der Waals surface area contributed by atoms with Gasteiger partial charge in [0.1, 0.15) is 5.71 Å². The maximum absolute atomic E-state index is 12.9. The van der Waals surface area contributed by atoms with E-state index in [0.717, 1.165) is 49.9 Å². The van der Waals surface area contributed by atoms with Gasteiger partial charge in [-0.3, -0.25) is 9.21 Å². The van der Waals surface area contributed by atoms with Crippen LogP contribution in [-0.4, -0.2) is 59.3 Å². The Kier molecular flexibility index (Phi) is 7.04. The van der Waals surface area contributed by atoms with E-state index in [1.807, 2.05) is 18.2 Å². The predicted octanol–water partition coefficient (Wildman–Crippen LogP) is 5.24. The fourth-order valence-electron chi connectivity index (χ4n) is 4.42. The number of hydrogen-bond acceptors (Lipinski definition) is 6. The molecule has 0 amide bonds. The molecular formula is C25H29F2N5S. The third-order valence-corrected chi connectivity index (χ3v) is 7.77. The average molecular weight is 470 g/mol. The molecule has 2 aliphatic heterocycles. The summed E-state index contributed by atoms with van der Waals surface area (Å²) >= 11 is 1.80. The average Bonchev–Trinajstić information content (AvgIpc) is 3.31. The zero-order valence-electron chi connectivity index (χ0n) is 18.6. The van der Waals surface area contributed by atoms with Gasteiger partial charge in [0.2, 0.25) is 0 Å². The molecule has 8 heteroatoms. The van der Waals surface area contributed by atoms with E-state index < -0.39 is 6.43 Å². The summed E-state index contributed by atoms with van der Waals surface area (Å²) in [6, 6.07) is 19.3. The van der Waals surface area contributed by atoms with Crippen LogP contribution in [0.4, 0.5) is 14.5 Å². The van der Waals surface area contributed by atoms with Gasteiger partial charge < -0.3 is 0 Å². The third-order valence-electron chi connectivity index (χ3n) is 6.64. The minimum Gasteiger partial charge on any atom is -0.299 e. The van der Waals surface area contributed by atoms with E-state index in [2.05, 4.69) is 60.1 Å². The highest BCUT2D eigenvalue weighted by atomic mass is 32.2. The predicted molar refractivity (Wildman–Crippen MR) is 132 cm³/mol. The van der Waals surface area contributed by atoms with Gasteiger partial charge in [0.25, 0.3) is 6.43 Å². The fourth-order valence-corrected chi connectivity index (χ4v) is 5.45. The SMILES string of the molecule is FC(F)C1=NN=C(c2ccc(CN(SN3CCN(C4CCC4)CC3)c3ccccc3)cc2)C1. The second kappa shape index (κ2) is 10.3. The number of rotatable bonds is 8. The molecule has 2 aromatic carbocycles. The summed E-state index contributed by atoms with van der Waals surface area (Å²) in [7, 11) is 0. The van der Waals surface area contributed by atoms with E-state index in [4.69, 9.17) is 0 Å². The summed E-state index contributed by atoms with van der Waals surface area (Å²) in [5.74, 6) is 0. The number of alkyl halides is 2. The molecule has 2 fully saturated rings. The minimum absolute atomic E-state index is 0.121. The van der Waals surface area contributed by atoms with Gasteiger partial charge >= 0.3 is 0 Å². The maximum Gasteiger partial charge on any atom is 0.278 e. The lowest BCUT2D eigenvalue weighted by molar-refractivity contribution is 0.0919. The van der Waals surface area contributed by atoms with E-state index >= 15 is 0 Å². The van der Waals surface area contributed by atoms with Crippen molar-refractivity contribution in [1.29, 1.82) is 0 Å². The lowest BCUT2D eigenvalue weighted by Crippen LogP contribution is -2.51. The Labute approximate surface area is 198 Å². The quantitative estimate of drug-likeness (QED) is 0.495. The van der Waals surface area contributed by atoms with Crippen LogP contribution in [0, 0.1) is 0 Å². The summed E-state index contributed by atoms with van der Waals surface area (Å²) in [6.45, 7) is 5.16. The zero-order valence-corrected chi connectivity index (χ0v) is 19.4. The van der Waals surface area contributed by atoms with Crippen molar-refractivity contribution in [3.05, 3.63) is 65.7 Å². The lowest BCUT2D eigenvalue weighted by atomic mass is 9.91. The van der Waals surface area contributed by atoms with Crippen molar-refractivity contribution < 1.29 is 8.78 Å². The summed E-state index contributed by atoms with van der Waals surface area (Å²) in [4.78, 5) is 2.65. The van der Waals surface area contributed by atoms with Crippen LogP contribution < -0.4 is 4.31 Å². The van der Waals surface area contributed by atoms with Crippen LogP contribution in [0.3, 0.4) is 0 Å². The molecule has 0 aromatic heterocycles. The number of nitrogens with zero attached hydrogens (tertiary/aromatic N) is 5. The number of hydrogen-bond donors (Lipinski definition) is 0. The van der Waals surface area contributed by atoms with Gasteiger partial charge in [-0.15, -0.1) is 0 Å². The molecule has 5 rings (SSSR count). The Morgan fingerprint density at radius 2 is 1.67 bits per heavy atom. The van der Waals surface area contributed by atoms with E-state index in [9.17, 15) is 8.78 Å². The lowest BCUT2D eigenvalue weighted by Gasteiger charge is -2.43. The molecule has 2 heterocycles. The molecule has 0 N–H and O–H groups in total. The summed E-state index contributed by atoms with van der Waals surface area (Å²) < 4.78 is 30.5. The van der Waals surface area contributed by atoms with E-state index in [1.54, 1.807) is 12.1 Å². The van der Waals surface area contributed by atoms with Crippen LogP contribution in [0.15, 0.2) is 64.8 Å². The monoisotopic (exact) mass is 469 g/mol. The Bertz CT molecular complexity index is 984. The minimum atomic E-state index is -2.54. The topological polar surface area (TPSA) is 34.4 Å².